The van der Waals surface area contributed by atoms with Crippen molar-refractivity contribution in [3.05, 3.63) is 75.7 Å². The molecule has 0 spiro atoms. The molecule has 2 atom stereocenters. The van der Waals surface area contributed by atoms with E-state index in [1.807, 2.05) is 0 Å². The van der Waals surface area contributed by atoms with Crippen LogP contribution in [0.3, 0.4) is 0 Å². The number of halogens is 2. The van der Waals surface area contributed by atoms with Gasteiger partial charge in [-0.2, -0.15) is 0 Å². The van der Waals surface area contributed by atoms with Gasteiger partial charge in [0.25, 0.3) is 15.9 Å². The van der Waals surface area contributed by atoms with E-state index in [0.717, 1.165) is 29.3 Å². The largest absolute Gasteiger partial charge is 0.462 e. The first-order chi connectivity index (χ1) is 19.4. The Morgan fingerprint density at radius 3 is 2.59 bits per heavy atom. The molecule has 0 unspecified atom stereocenters. The molecular formula is C28H28F2N2O7S2. The van der Waals surface area contributed by atoms with Gasteiger partial charge in [0.05, 0.1) is 23.4 Å². The number of hydrogen-bond acceptors (Lipinski definition) is 8. The number of anilines is 2. The minimum Gasteiger partial charge on any atom is -0.462 e. The van der Waals surface area contributed by atoms with Gasteiger partial charge in [0.15, 0.2) is 6.10 Å². The fourth-order valence-electron chi connectivity index (χ4n) is 4.38. The van der Waals surface area contributed by atoms with E-state index < -0.39 is 50.5 Å². The number of carbonyl (C=O) groups excluding carboxylic acids is 3. The average molecular weight is 607 g/mol. The Morgan fingerprint density at radius 1 is 1.12 bits per heavy atom. The maximum atomic E-state index is 14.1. The summed E-state index contributed by atoms with van der Waals surface area (Å²) >= 11 is 1.28. The number of ether oxygens (including phenoxy) is 2. The number of para-hydroxylation sites is 1. The summed E-state index contributed by atoms with van der Waals surface area (Å²) in [5, 5.41) is 2.98. The lowest BCUT2D eigenvalue weighted by molar-refractivity contribution is -0.123. The molecule has 9 nitrogen and oxygen atoms in total. The predicted octanol–water partition coefficient (Wildman–Crippen LogP) is 5.31. The summed E-state index contributed by atoms with van der Waals surface area (Å²) in [5.41, 5.74) is 0.621. The molecule has 0 radical (unpaired) electrons. The average Bonchev–Trinajstić information content (AvgIpc) is 3.26. The highest BCUT2D eigenvalue weighted by molar-refractivity contribution is 7.92. The van der Waals surface area contributed by atoms with Gasteiger partial charge in [0.1, 0.15) is 21.5 Å². The number of benzene rings is 2. The van der Waals surface area contributed by atoms with Crippen molar-refractivity contribution >= 4 is 49.9 Å². The monoisotopic (exact) mass is 606 g/mol. The molecule has 41 heavy (non-hydrogen) atoms. The van der Waals surface area contributed by atoms with Gasteiger partial charge < -0.3 is 14.8 Å². The number of sulfonamides is 1. The second-order valence-electron chi connectivity index (χ2n) is 9.54. The number of carbonyl (C=O) groups is 3. The molecule has 2 aromatic carbocycles. The van der Waals surface area contributed by atoms with Crippen LogP contribution in [-0.2, 0) is 37.1 Å². The van der Waals surface area contributed by atoms with Crippen molar-refractivity contribution in [1.82, 2.24) is 0 Å². The second-order valence-corrected chi connectivity index (χ2v) is 12.3. The van der Waals surface area contributed by atoms with Crippen LogP contribution in [0.5, 0.6) is 0 Å². The van der Waals surface area contributed by atoms with E-state index >= 15 is 0 Å². The van der Waals surface area contributed by atoms with E-state index in [-0.39, 0.29) is 17.9 Å². The first-order valence-electron chi connectivity index (χ1n) is 12.8. The highest BCUT2D eigenvalue weighted by Gasteiger charge is 2.31. The number of esters is 2. The molecule has 1 heterocycles. The fraction of sp³-hybridized carbons (Fsp3) is 0.321. The van der Waals surface area contributed by atoms with Crippen LogP contribution in [0.1, 0.15) is 58.3 Å². The summed E-state index contributed by atoms with van der Waals surface area (Å²) in [6.45, 7) is 5.28. The van der Waals surface area contributed by atoms with Gasteiger partial charge in [0, 0.05) is 4.88 Å². The number of thiophene rings is 1. The summed E-state index contributed by atoms with van der Waals surface area (Å²) in [6, 6.07) is 7.29. The Morgan fingerprint density at radius 2 is 1.85 bits per heavy atom. The van der Waals surface area contributed by atoms with Crippen LogP contribution in [0.4, 0.5) is 19.5 Å². The molecule has 1 amide bonds. The molecule has 218 valence electrons. The van der Waals surface area contributed by atoms with Crippen molar-refractivity contribution in [2.45, 2.75) is 51.0 Å². The molecule has 3 aromatic rings. The summed E-state index contributed by atoms with van der Waals surface area (Å²) in [5.74, 6) is -4.03. The first kappa shape index (κ1) is 30.1. The third-order valence-electron chi connectivity index (χ3n) is 6.46. The number of nitrogens with one attached hydrogen (secondary N) is 2. The Labute approximate surface area is 239 Å². The van der Waals surface area contributed by atoms with Crippen LogP contribution >= 0.6 is 11.3 Å². The van der Waals surface area contributed by atoms with Crippen LogP contribution in [0.2, 0.25) is 0 Å². The van der Waals surface area contributed by atoms with Crippen molar-refractivity contribution < 1.29 is 41.1 Å². The van der Waals surface area contributed by atoms with Crippen LogP contribution in [0.25, 0.3) is 0 Å². The van der Waals surface area contributed by atoms with Crippen molar-refractivity contribution in [3.8, 4) is 0 Å². The zero-order chi connectivity index (χ0) is 29.9. The normalized spacial score (nSPS) is 15.4. The predicted molar refractivity (Wildman–Crippen MR) is 149 cm³/mol. The number of fused-ring (bicyclic) bond motifs is 1. The Hall–Kier alpha value is -3.84. The van der Waals surface area contributed by atoms with Gasteiger partial charge in [-0.3, -0.25) is 9.52 Å². The van der Waals surface area contributed by atoms with Crippen molar-refractivity contribution in [2.75, 3.05) is 16.6 Å². The van der Waals surface area contributed by atoms with Gasteiger partial charge >= 0.3 is 11.9 Å². The van der Waals surface area contributed by atoms with E-state index in [1.165, 1.54) is 42.5 Å². The lowest BCUT2D eigenvalue weighted by Crippen LogP contribution is -2.30. The smallest absolute Gasteiger partial charge is 0.341 e. The van der Waals surface area contributed by atoms with Crippen LogP contribution in [0.15, 0.2) is 47.4 Å². The molecule has 13 heteroatoms. The molecule has 0 fully saturated rings. The van der Waals surface area contributed by atoms with E-state index in [4.69, 9.17) is 9.47 Å². The van der Waals surface area contributed by atoms with E-state index in [0.29, 0.717) is 35.0 Å². The molecule has 1 aliphatic carbocycles. The van der Waals surface area contributed by atoms with Crippen molar-refractivity contribution in [1.29, 1.82) is 0 Å². The van der Waals surface area contributed by atoms with Crippen LogP contribution in [0, 0.1) is 17.6 Å². The Balaban J connectivity index is 1.52. The maximum absolute atomic E-state index is 14.1. The number of hydrogen-bond donors (Lipinski definition) is 2. The summed E-state index contributed by atoms with van der Waals surface area (Å²) in [4.78, 5) is 38.8. The summed E-state index contributed by atoms with van der Waals surface area (Å²) in [6.07, 6.45) is 0.986. The molecule has 0 saturated heterocycles. The van der Waals surface area contributed by atoms with E-state index in [9.17, 15) is 31.6 Å². The molecule has 0 aliphatic heterocycles. The van der Waals surface area contributed by atoms with Crippen LogP contribution in [-0.4, -0.2) is 39.0 Å². The molecule has 0 saturated carbocycles. The van der Waals surface area contributed by atoms with Crippen molar-refractivity contribution in [3.63, 3.8) is 0 Å². The molecule has 4 rings (SSSR count). The molecule has 1 aliphatic rings. The zero-order valence-corrected chi connectivity index (χ0v) is 24.1. The Kier molecular flexibility index (Phi) is 9.08. The fourth-order valence-corrected chi connectivity index (χ4v) is 6.95. The highest BCUT2D eigenvalue weighted by Crippen LogP contribution is 2.40. The molecule has 0 bridgehead atoms. The van der Waals surface area contributed by atoms with Gasteiger partial charge in [0.2, 0.25) is 0 Å². The minimum atomic E-state index is -4.63. The number of rotatable bonds is 9. The standard InChI is InChI=1S/C28H28F2N2O7S2/c1-4-38-28(35)24-19-11-9-15(2)13-22(19)40-26(24)31-25(33)16(3)39-27(34)18-7-5-6-8-21(18)32-41(36,37)23-14-17(29)10-12-20(23)30/h5-8,10,12,14-16,32H,4,9,11,13H2,1-3H3,(H,31,33)/t15-,16-/m0/s1. The second kappa shape index (κ2) is 12.4. The Bertz CT molecular complexity index is 1600. The lowest BCUT2D eigenvalue weighted by atomic mass is 9.88. The molecule has 1 aromatic heterocycles. The number of amides is 1. The van der Waals surface area contributed by atoms with Gasteiger partial charge in [-0.05, 0) is 74.9 Å². The van der Waals surface area contributed by atoms with E-state index in [2.05, 4.69) is 17.0 Å². The van der Waals surface area contributed by atoms with E-state index in [1.54, 1.807) is 6.92 Å². The van der Waals surface area contributed by atoms with Gasteiger partial charge in [-0.15, -0.1) is 11.3 Å². The maximum Gasteiger partial charge on any atom is 0.341 e. The zero-order valence-electron chi connectivity index (χ0n) is 22.5. The minimum absolute atomic E-state index is 0.163. The summed E-state index contributed by atoms with van der Waals surface area (Å²) in [7, 11) is -4.63. The lowest BCUT2D eigenvalue weighted by Gasteiger charge is -2.18. The quantitative estimate of drug-likeness (QED) is 0.316. The summed E-state index contributed by atoms with van der Waals surface area (Å²) < 4.78 is 65.8. The highest BCUT2D eigenvalue weighted by atomic mass is 32.2. The third-order valence-corrected chi connectivity index (χ3v) is 9.01. The van der Waals surface area contributed by atoms with Crippen molar-refractivity contribution in [2.24, 2.45) is 5.92 Å². The van der Waals surface area contributed by atoms with Crippen LogP contribution < -0.4 is 10.0 Å². The topological polar surface area (TPSA) is 128 Å². The molecule has 2 N–H and O–H groups in total. The SMILES string of the molecule is CCOC(=O)c1c(NC(=O)[C@H](C)OC(=O)c2ccccc2NS(=O)(=O)c2cc(F)ccc2F)sc2c1CC[C@H](C)C2. The molecular weight excluding hydrogens is 578 g/mol. The van der Waals surface area contributed by atoms with Gasteiger partial charge in [-0.1, -0.05) is 19.1 Å². The third kappa shape index (κ3) is 6.73. The van der Waals surface area contributed by atoms with Gasteiger partial charge in [-0.25, -0.2) is 26.8 Å². The first-order valence-corrected chi connectivity index (χ1v) is 15.1.